The summed E-state index contributed by atoms with van der Waals surface area (Å²) in [5.74, 6) is -1.46. The Morgan fingerprint density at radius 1 is 1.41 bits per heavy atom. The average molecular weight is 259 g/mol. The van der Waals surface area contributed by atoms with Crippen LogP contribution >= 0.6 is 11.8 Å². The molecule has 0 bridgehead atoms. The molecule has 2 N–H and O–H groups in total. The molecule has 0 aromatic heterocycles. The van der Waals surface area contributed by atoms with Gasteiger partial charge in [-0.05, 0) is 19.1 Å². The zero-order valence-corrected chi connectivity index (χ0v) is 10.6. The molecule has 0 saturated carbocycles. The Hall–Kier alpha value is -1.30. The van der Waals surface area contributed by atoms with E-state index in [1.807, 2.05) is 0 Å². The number of rotatable bonds is 8. The van der Waals surface area contributed by atoms with Gasteiger partial charge in [-0.3, -0.25) is 9.59 Å². The van der Waals surface area contributed by atoms with Gasteiger partial charge in [0.1, 0.15) is 6.04 Å². The fraction of sp³-hybridized carbons (Fsp3) is 0.545. The van der Waals surface area contributed by atoms with Gasteiger partial charge in [-0.15, -0.1) is 6.58 Å². The molecular formula is C11H17NO4S. The Balaban J connectivity index is 4.15. The molecule has 0 saturated heterocycles. The molecule has 96 valence electrons. The molecule has 0 radical (unpaired) electrons. The lowest BCUT2D eigenvalue weighted by molar-refractivity contribution is -0.142. The number of aliphatic carboxylic acids is 1. The van der Waals surface area contributed by atoms with E-state index in [-0.39, 0.29) is 30.3 Å². The van der Waals surface area contributed by atoms with E-state index in [1.54, 1.807) is 12.3 Å². The van der Waals surface area contributed by atoms with E-state index in [0.29, 0.717) is 6.42 Å². The molecule has 6 heteroatoms. The molecule has 0 fully saturated rings. The lowest BCUT2D eigenvalue weighted by atomic mass is 10.1. The normalized spacial score (nSPS) is 11.6. The highest BCUT2D eigenvalue weighted by molar-refractivity contribution is 8.13. The minimum Gasteiger partial charge on any atom is -0.480 e. The number of thioether (sulfide) groups is 1. The topological polar surface area (TPSA) is 83.5 Å². The van der Waals surface area contributed by atoms with Crippen LogP contribution in [0.15, 0.2) is 12.7 Å². The number of nitrogens with one attached hydrogen (secondary N) is 1. The first kappa shape index (κ1) is 15.7. The van der Waals surface area contributed by atoms with Crippen LogP contribution in [0.3, 0.4) is 0 Å². The van der Waals surface area contributed by atoms with Crippen molar-refractivity contribution >= 4 is 28.8 Å². The summed E-state index contributed by atoms with van der Waals surface area (Å²) in [4.78, 5) is 33.2. The molecule has 5 nitrogen and oxygen atoms in total. The summed E-state index contributed by atoms with van der Waals surface area (Å²) in [6, 6.07) is -0.997. The van der Waals surface area contributed by atoms with Crippen molar-refractivity contribution in [1.82, 2.24) is 5.32 Å². The third-order valence-electron chi connectivity index (χ3n) is 2.07. The third kappa shape index (κ3) is 7.57. The first-order valence-corrected chi connectivity index (χ1v) is 6.43. The van der Waals surface area contributed by atoms with Crippen LogP contribution in [0.2, 0.25) is 0 Å². The molecule has 1 amide bonds. The van der Waals surface area contributed by atoms with Crippen molar-refractivity contribution in [1.29, 1.82) is 0 Å². The number of carbonyl (C=O) groups is 3. The van der Waals surface area contributed by atoms with E-state index < -0.39 is 12.0 Å². The zero-order valence-electron chi connectivity index (χ0n) is 9.77. The van der Waals surface area contributed by atoms with E-state index in [0.717, 1.165) is 11.8 Å². The fourth-order valence-electron chi connectivity index (χ4n) is 1.12. The van der Waals surface area contributed by atoms with Gasteiger partial charge in [-0.1, -0.05) is 17.8 Å². The monoisotopic (exact) mass is 259 g/mol. The Morgan fingerprint density at radius 2 is 2.06 bits per heavy atom. The quantitative estimate of drug-likeness (QED) is 0.640. The SMILES string of the molecule is C=CCCC(=O)NC(CCC(=O)SC)C(=O)O. The smallest absolute Gasteiger partial charge is 0.326 e. The van der Waals surface area contributed by atoms with Crippen molar-refractivity contribution in [3.63, 3.8) is 0 Å². The second kappa shape index (κ2) is 8.81. The molecular weight excluding hydrogens is 242 g/mol. The Morgan fingerprint density at radius 3 is 2.53 bits per heavy atom. The number of carboxylic acid groups (broad SMARTS) is 1. The largest absolute Gasteiger partial charge is 0.480 e. The van der Waals surface area contributed by atoms with Gasteiger partial charge in [0.25, 0.3) is 0 Å². The molecule has 17 heavy (non-hydrogen) atoms. The Bertz CT molecular complexity index is 304. The summed E-state index contributed by atoms with van der Waals surface area (Å²) in [5.41, 5.74) is 0. The van der Waals surface area contributed by atoms with Gasteiger partial charge in [-0.2, -0.15) is 0 Å². The lowest BCUT2D eigenvalue weighted by Crippen LogP contribution is -2.40. The van der Waals surface area contributed by atoms with Crippen molar-refractivity contribution < 1.29 is 19.5 Å². The molecule has 0 rings (SSSR count). The molecule has 0 heterocycles. The van der Waals surface area contributed by atoms with Crippen molar-refractivity contribution in [2.45, 2.75) is 31.7 Å². The Labute approximate surface area is 105 Å². The predicted molar refractivity (Wildman–Crippen MR) is 66.8 cm³/mol. The summed E-state index contributed by atoms with van der Waals surface area (Å²) < 4.78 is 0. The van der Waals surface area contributed by atoms with Crippen LogP contribution in [-0.4, -0.2) is 34.4 Å². The number of carboxylic acids is 1. The number of amides is 1. The van der Waals surface area contributed by atoms with Crippen molar-refractivity contribution in [3.8, 4) is 0 Å². The van der Waals surface area contributed by atoms with Crippen molar-refractivity contribution in [3.05, 3.63) is 12.7 Å². The molecule has 1 unspecified atom stereocenters. The number of carbonyl (C=O) groups excluding carboxylic acids is 2. The molecule has 0 aliphatic heterocycles. The Kier molecular flexibility index (Phi) is 8.13. The predicted octanol–water partition coefficient (Wildman–Crippen LogP) is 1.19. The van der Waals surface area contributed by atoms with Crippen molar-refractivity contribution in [2.75, 3.05) is 6.26 Å². The highest BCUT2D eigenvalue weighted by atomic mass is 32.2. The maximum Gasteiger partial charge on any atom is 0.326 e. The summed E-state index contributed by atoms with van der Waals surface area (Å²) >= 11 is 1.05. The van der Waals surface area contributed by atoms with Crippen molar-refractivity contribution in [2.24, 2.45) is 0 Å². The molecule has 0 aromatic rings. The third-order valence-corrected chi connectivity index (χ3v) is 2.73. The zero-order chi connectivity index (χ0) is 13.3. The minimum atomic E-state index is -1.12. The second-order valence-corrected chi connectivity index (χ2v) is 4.26. The first-order chi connectivity index (χ1) is 8.01. The highest BCUT2D eigenvalue weighted by Gasteiger charge is 2.20. The molecule has 0 aliphatic rings. The van der Waals surface area contributed by atoms with Gasteiger partial charge >= 0.3 is 5.97 Å². The summed E-state index contributed by atoms with van der Waals surface area (Å²) in [7, 11) is 0. The van der Waals surface area contributed by atoms with E-state index in [9.17, 15) is 14.4 Å². The molecule has 0 aliphatic carbocycles. The minimum absolute atomic E-state index is 0.0865. The summed E-state index contributed by atoms with van der Waals surface area (Å²) in [6.45, 7) is 3.47. The van der Waals surface area contributed by atoms with Crippen LogP contribution in [0.25, 0.3) is 0 Å². The van der Waals surface area contributed by atoms with Crippen LogP contribution in [0.5, 0.6) is 0 Å². The first-order valence-electron chi connectivity index (χ1n) is 5.21. The van der Waals surface area contributed by atoms with Crippen LogP contribution < -0.4 is 5.32 Å². The van der Waals surface area contributed by atoms with E-state index in [4.69, 9.17) is 5.11 Å². The second-order valence-electron chi connectivity index (χ2n) is 3.40. The van der Waals surface area contributed by atoms with Gasteiger partial charge in [-0.25, -0.2) is 4.79 Å². The number of hydrogen-bond donors (Lipinski definition) is 2. The number of allylic oxidation sites excluding steroid dienone is 1. The van der Waals surface area contributed by atoms with Gasteiger partial charge in [0.2, 0.25) is 5.91 Å². The van der Waals surface area contributed by atoms with Gasteiger partial charge in [0, 0.05) is 12.8 Å². The molecule has 1 atom stereocenters. The van der Waals surface area contributed by atoms with Gasteiger partial charge < -0.3 is 10.4 Å². The van der Waals surface area contributed by atoms with Crippen LogP contribution in [0, 0.1) is 0 Å². The summed E-state index contributed by atoms with van der Waals surface area (Å²) in [5, 5.41) is 11.2. The van der Waals surface area contributed by atoms with Crippen LogP contribution in [-0.2, 0) is 14.4 Å². The van der Waals surface area contributed by atoms with Crippen LogP contribution in [0.4, 0.5) is 0 Å². The van der Waals surface area contributed by atoms with Gasteiger partial charge in [0.15, 0.2) is 5.12 Å². The molecule has 0 spiro atoms. The van der Waals surface area contributed by atoms with E-state index >= 15 is 0 Å². The van der Waals surface area contributed by atoms with Crippen LogP contribution in [0.1, 0.15) is 25.7 Å². The van der Waals surface area contributed by atoms with Gasteiger partial charge in [0.05, 0.1) is 0 Å². The average Bonchev–Trinajstić information content (AvgIpc) is 2.30. The number of hydrogen-bond acceptors (Lipinski definition) is 4. The summed E-state index contributed by atoms with van der Waals surface area (Å²) in [6.07, 6.45) is 4.20. The highest BCUT2D eigenvalue weighted by Crippen LogP contribution is 2.06. The standard InChI is InChI=1S/C11H17NO4S/c1-3-4-5-9(13)12-8(11(15)16)6-7-10(14)17-2/h3,8H,1,4-7H2,2H3,(H,12,13)(H,15,16). The molecule has 0 aromatic carbocycles. The van der Waals surface area contributed by atoms with E-state index in [1.165, 1.54) is 0 Å². The lowest BCUT2D eigenvalue weighted by Gasteiger charge is -2.13. The fourth-order valence-corrected chi connectivity index (χ4v) is 1.44. The maximum absolute atomic E-state index is 11.3. The van der Waals surface area contributed by atoms with E-state index in [2.05, 4.69) is 11.9 Å². The maximum atomic E-state index is 11.3.